The molecule has 0 spiro atoms. The number of halogens is 1. The number of hydrogen-bond acceptors (Lipinski definition) is 4. The molecule has 0 bridgehead atoms. The maximum Gasteiger partial charge on any atom is 0.263 e. The molecule has 7 nitrogen and oxygen atoms in total. The number of rotatable bonds is 5. The second kappa shape index (κ2) is 6.54. The molecule has 0 saturated heterocycles. The average molecular weight is 406 g/mol. The number of hydrogen-bond donors (Lipinski definition) is 3. The van der Waals surface area contributed by atoms with Crippen LogP contribution in [0.15, 0.2) is 41.3 Å². The summed E-state index contributed by atoms with van der Waals surface area (Å²) in [6.45, 7) is 0. The monoisotopic (exact) mass is 405 g/mol. The molecule has 1 saturated carbocycles. The molecule has 2 aromatic rings. The third-order valence-corrected chi connectivity index (χ3v) is 6.27. The van der Waals surface area contributed by atoms with Crippen LogP contribution in [0.3, 0.4) is 0 Å². The number of carbonyl (C=O) groups is 2. The Bertz CT molecular complexity index is 1050. The van der Waals surface area contributed by atoms with E-state index in [9.17, 15) is 18.0 Å². The summed E-state index contributed by atoms with van der Waals surface area (Å²) < 4.78 is 27.9. The molecular formula is C18H16ClN3O4S. The van der Waals surface area contributed by atoms with Gasteiger partial charge in [-0.15, -0.1) is 0 Å². The molecule has 3 N–H and O–H groups in total. The molecule has 0 unspecified atom stereocenters. The van der Waals surface area contributed by atoms with Crippen molar-refractivity contribution in [2.75, 3.05) is 15.4 Å². The Labute approximate surface area is 161 Å². The average Bonchev–Trinajstić information content (AvgIpc) is 3.38. The van der Waals surface area contributed by atoms with E-state index in [2.05, 4.69) is 15.4 Å². The number of carbonyl (C=O) groups excluding carboxylic acids is 2. The smallest absolute Gasteiger partial charge is 0.263 e. The molecule has 4 rings (SSSR count). The van der Waals surface area contributed by atoms with Gasteiger partial charge in [-0.2, -0.15) is 0 Å². The predicted octanol–water partition coefficient (Wildman–Crippen LogP) is 2.98. The van der Waals surface area contributed by atoms with Gasteiger partial charge in [0.25, 0.3) is 10.0 Å². The van der Waals surface area contributed by atoms with Crippen LogP contribution in [0.5, 0.6) is 0 Å². The van der Waals surface area contributed by atoms with E-state index in [1.54, 1.807) is 24.3 Å². The Morgan fingerprint density at radius 1 is 1.11 bits per heavy atom. The van der Waals surface area contributed by atoms with Crippen molar-refractivity contribution in [1.29, 1.82) is 0 Å². The van der Waals surface area contributed by atoms with Gasteiger partial charge in [-0.05, 0) is 54.8 Å². The molecule has 2 aromatic carbocycles. The van der Waals surface area contributed by atoms with Gasteiger partial charge in [0.15, 0.2) is 0 Å². The minimum absolute atomic E-state index is 0.0172. The van der Waals surface area contributed by atoms with Crippen LogP contribution in [0.2, 0.25) is 5.02 Å². The zero-order valence-electron chi connectivity index (χ0n) is 14.1. The zero-order valence-corrected chi connectivity index (χ0v) is 15.7. The van der Waals surface area contributed by atoms with Crippen LogP contribution in [0.1, 0.15) is 18.4 Å². The van der Waals surface area contributed by atoms with Crippen LogP contribution in [0.25, 0.3) is 0 Å². The summed E-state index contributed by atoms with van der Waals surface area (Å²) in [5, 5.41) is 5.44. The van der Waals surface area contributed by atoms with Crippen molar-refractivity contribution in [2.45, 2.75) is 24.2 Å². The lowest BCUT2D eigenvalue weighted by molar-refractivity contribution is -0.117. The largest absolute Gasteiger partial charge is 0.326 e. The molecule has 1 aliphatic heterocycles. The van der Waals surface area contributed by atoms with Crippen LogP contribution >= 0.6 is 11.6 Å². The van der Waals surface area contributed by atoms with Crippen molar-refractivity contribution >= 4 is 50.5 Å². The van der Waals surface area contributed by atoms with Crippen molar-refractivity contribution in [1.82, 2.24) is 0 Å². The van der Waals surface area contributed by atoms with Gasteiger partial charge in [-0.1, -0.05) is 11.6 Å². The van der Waals surface area contributed by atoms with E-state index < -0.39 is 10.0 Å². The van der Waals surface area contributed by atoms with Gasteiger partial charge in [0.2, 0.25) is 11.8 Å². The SMILES string of the molecule is O=C1Cc2cc(S(=O)(=O)Nc3ccc(NC(=O)C4CC4)cc3)c(Cl)cc2N1. The lowest BCUT2D eigenvalue weighted by Gasteiger charge is -2.12. The van der Waals surface area contributed by atoms with E-state index in [-0.39, 0.29) is 34.1 Å². The van der Waals surface area contributed by atoms with Gasteiger partial charge in [0.05, 0.1) is 11.4 Å². The van der Waals surface area contributed by atoms with E-state index in [1.807, 2.05) is 0 Å². The second-order valence-electron chi connectivity index (χ2n) is 6.61. The third-order valence-electron chi connectivity index (χ3n) is 4.43. The third kappa shape index (κ3) is 3.77. The van der Waals surface area contributed by atoms with E-state index >= 15 is 0 Å². The first-order valence-corrected chi connectivity index (χ1v) is 10.2. The summed E-state index contributed by atoms with van der Waals surface area (Å²) in [5.74, 6) is -0.129. The normalized spacial score (nSPS) is 15.8. The minimum Gasteiger partial charge on any atom is -0.326 e. The highest BCUT2D eigenvalue weighted by atomic mass is 35.5. The van der Waals surface area contributed by atoms with Crippen LogP contribution < -0.4 is 15.4 Å². The maximum atomic E-state index is 12.7. The molecule has 2 amide bonds. The maximum absolute atomic E-state index is 12.7. The zero-order chi connectivity index (χ0) is 19.2. The number of anilines is 3. The fourth-order valence-corrected chi connectivity index (χ4v) is 4.49. The molecule has 140 valence electrons. The van der Waals surface area contributed by atoms with E-state index in [0.29, 0.717) is 22.6 Å². The topological polar surface area (TPSA) is 104 Å². The summed E-state index contributed by atoms with van der Waals surface area (Å²) in [6.07, 6.45) is 1.93. The summed E-state index contributed by atoms with van der Waals surface area (Å²) in [6, 6.07) is 9.23. The molecule has 0 atom stereocenters. The highest BCUT2D eigenvalue weighted by Crippen LogP contribution is 2.33. The molecule has 0 aromatic heterocycles. The van der Waals surface area contributed by atoms with Crippen LogP contribution in [0.4, 0.5) is 17.1 Å². The van der Waals surface area contributed by atoms with Crippen molar-refractivity contribution in [2.24, 2.45) is 5.92 Å². The molecule has 27 heavy (non-hydrogen) atoms. The lowest BCUT2D eigenvalue weighted by atomic mass is 10.2. The second-order valence-corrected chi connectivity index (χ2v) is 8.67. The van der Waals surface area contributed by atoms with E-state index in [0.717, 1.165) is 12.8 Å². The number of amides is 2. The number of nitrogens with one attached hydrogen (secondary N) is 3. The first kappa shape index (κ1) is 17.8. The Hall–Kier alpha value is -2.58. The molecule has 9 heteroatoms. The quantitative estimate of drug-likeness (QED) is 0.711. The van der Waals surface area contributed by atoms with Crippen molar-refractivity contribution in [3.8, 4) is 0 Å². The number of benzene rings is 2. The Morgan fingerprint density at radius 3 is 2.44 bits per heavy atom. The van der Waals surface area contributed by atoms with Crippen molar-refractivity contribution < 1.29 is 18.0 Å². The van der Waals surface area contributed by atoms with Gasteiger partial charge in [0.1, 0.15) is 4.90 Å². The molecule has 1 heterocycles. The molecule has 0 radical (unpaired) electrons. The van der Waals surface area contributed by atoms with E-state index in [4.69, 9.17) is 11.6 Å². The molecule has 1 fully saturated rings. The van der Waals surface area contributed by atoms with Gasteiger partial charge in [-0.25, -0.2) is 8.42 Å². The summed E-state index contributed by atoms with van der Waals surface area (Å²) in [5.41, 5.74) is 2.06. The van der Waals surface area contributed by atoms with Crippen molar-refractivity contribution in [3.63, 3.8) is 0 Å². The Morgan fingerprint density at radius 2 is 1.78 bits per heavy atom. The van der Waals surface area contributed by atoms with Crippen LogP contribution in [-0.2, 0) is 26.0 Å². The molecule has 1 aliphatic carbocycles. The fourth-order valence-electron chi connectivity index (χ4n) is 2.85. The van der Waals surface area contributed by atoms with Crippen LogP contribution in [0, 0.1) is 5.92 Å². The van der Waals surface area contributed by atoms with E-state index in [1.165, 1.54) is 12.1 Å². The highest BCUT2D eigenvalue weighted by Gasteiger charge is 2.29. The molecular weight excluding hydrogens is 390 g/mol. The Balaban J connectivity index is 1.52. The first-order chi connectivity index (χ1) is 12.8. The fraction of sp³-hybridized carbons (Fsp3) is 0.222. The standard InChI is InChI=1S/C18H16ClN3O4S/c19-14-9-15-11(8-17(23)21-15)7-16(14)27(25,26)22-13-5-3-12(4-6-13)20-18(24)10-1-2-10/h3-7,9-10,22H,1-2,8H2,(H,20,24)(H,21,23). The highest BCUT2D eigenvalue weighted by molar-refractivity contribution is 7.92. The van der Waals surface area contributed by atoms with Crippen LogP contribution in [-0.4, -0.2) is 20.2 Å². The molecule has 2 aliphatic rings. The van der Waals surface area contributed by atoms with Gasteiger partial charge >= 0.3 is 0 Å². The summed E-state index contributed by atoms with van der Waals surface area (Å²) in [7, 11) is -3.93. The minimum atomic E-state index is -3.93. The lowest BCUT2D eigenvalue weighted by Crippen LogP contribution is -2.15. The summed E-state index contributed by atoms with van der Waals surface area (Å²) >= 11 is 6.11. The van der Waals surface area contributed by atoms with Gasteiger partial charge in [0, 0.05) is 23.0 Å². The number of sulfonamides is 1. The first-order valence-electron chi connectivity index (χ1n) is 8.38. The van der Waals surface area contributed by atoms with Crippen molar-refractivity contribution in [3.05, 3.63) is 47.0 Å². The van der Waals surface area contributed by atoms with Gasteiger partial charge < -0.3 is 10.6 Å². The predicted molar refractivity (Wildman–Crippen MR) is 102 cm³/mol. The summed E-state index contributed by atoms with van der Waals surface area (Å²) in [4.78, 5) is 23.1. The number of fused-ring (bicyclic) bond motifs is 1. The van der Waals surface area contributed by atoms with Gasteiger partial charge in [-0.3, -0.25) is 14.3 Å². The Kier molecular flexibility index (Phi) is 4.32.